The Labute approximate surface area is 106 Å². The van der Waals surface area contributed by atoms with Crippen LogP contribution in [0.4, 0.5) is 4.39 Å². The number of hydrogen-bond donors (Lipinski definition) is 1. The summed E-state index contributed by atoms with van der Waals surface area (Å²) in [6, 6.07) is 6.77. The average molecular weight is 244 g/mol. The Morgan fingerprint density at radius 1 is 1.22 bits per heavy atom. The maximum absolute atomic E-state index is 13.3. The van der Waals surface area contributed by atoms with Crippen LogP contribution in [0.5, 0.6) is 0 Å². The largest absolute Gasteiger partial charge is 0.330 e. The molecule has 0 radical (unpaired) electrons. The predicted octanol–water partition coefficient (Wildman–Crippen LogP) is 3.14. The lowest BCUT2D eigenvalue weighted by Gasteiger charge is -2.27. The molecule has 0 bridgehead atoms. The number of aromatic nitrogens is 1. The molecule has 1 aromatic heterocycles. The minimum absolute atomic E-state index is 0.0630. The van der Waals surface area contributed by atoms with E-state index in [1.165, 1.54) is 24.5 Å². The first kappa shape index (κ1) is 11.6. The van der Waals surface area contributed by atoms with Crippen LogP contribution in [0.15, 0.2) is 30.5 Å². The highest BCUT2D eigenvalue weighted by Gasteiger charge is 2.34. The second kappa shape index (κ2) is 4.32. The molecule has 0 atom stereocenters. The van der Waals surface area contributed by atoms with Crippen molar-refractivity contribution in [1.82, 2.24) is 4.98 Å². The van der Waals surface area contributed by atoms with Gasteiger partial charge in [0, 0.05) is 23.5 Å². The average Bonchev–Trinajstić information content (AvgIpc) is 2.88. The number of nitrogens with two attached hydrogens (primary N) is 1. The quantitative estimate of drug-likeness (QED) is 0.881. The molecule has 94 valence electrons. The smallest absolute Gasteiger partial charge is 0.123 e. The fourth-order valence-corrected chi connectivity index (χ4v) is 3.05. The lowest BCUT2D eigenvalue weighted by molar-refractivity contribution is 0.452. The van der Waals surface area contributed by atoms with E-state index < -0.39 is 0 Å². The third kappa shape index (κ3) is 1.79. The van der Waals surface area contributed by atoms with E-state index in [4.69, 9.17) is 5.73 Å². The fraction of sp³-hybridized carbons (Fsp3) is 0.400. The Balaban J connectivity index is 2.12. The van der Waals surface area contributed by atoms with Gasteiger partial charge in [-0.15, -0.1) is 0 Å². The molecule has 0 spiro atoms. The van der Waals surface area contributed by atoms with Crippen LogP contribution in [0.1, 0.15) is 31.2 Å². The molecular formula is C15H17FN2. The highest BCUT2D eigenvalue weighted by molar-refractivity contribution is 5.79. The van der Waals surface area contributed by atoms with Crippen LogP contribution in [0.2, 0.25) is 0 Å². The highest BCUT2D eigenvalue weighted by atomic mass is 19.1. The SMILES string of the molecule is NCC1(c2cnc3ccc(F)cc3c2)CCCC1. The van der Waals surface area contributed by atoms with Gasteiger partial charge in [0.05, 0.1) is 5.52 Å². The molecule has 0 saturated heterocycles. The van der Waals surface area contributed by atoms with Crippen molar-refractivity contribution in [2.45, 2.75) is 31.1 Å². The Kier molecular flexibility index (Phi) is 2.78. The Bertz CT molecular complexity index is 574. The summed E-state index contributed by atoms with van der Waals surface area (Å²) < 4.78 is 13.3. The monoisotopic (exact) mass is 244 g/mol. The molecule has 0 aliphatic heterocycles. The van der Waals surface area contributed by atoms with E-state index in [1.54, 1.807) is 12.1 Å². The molecule has 0 unspecified atom stereocenters. The van der Waals surface area contributed by atoms with E-state index in [2.05, 4.69) is 11.1 Å². The van der Waals surface area contributed by atoms with Crippen LogP contribution in [-0.4, -0.2) is 11.5 Å². The van der Waals surface area contributed by atoms with Gasteiger partial charge in [0.25, 0.3) is 0 Å². The van der Waals surface area contributed by atoms with Gasteiger partial charge in [-0.25, -0.2) is 4.39 Å². The molecule has 18 heavy (non-hydrogen) atoms. The van der Waals surface area contributed by atoms with Crippen molar-refractivity contribution in [3.8, 4) is 0 Å². The minimum Gasteiger partial charge on any atom is -0.330 e. The number of hydrogen-bond acceptors (Lipinski definition) is 2. The fourth-order valence-electron chi connectivity index (χ4n) is 3.05. The van der Waals surface area contributed by atoms with Gasteiger partial charge in [-0.1, -0.05) is 12.8 Å². The van der Waals surface area contributed by atoms with Crippen LogP contribution in [0, 0.1) is 5.82 Å². The Morgan fingerprint density at radius 3 is 2.72 bits per heavy atom. The first-order valence-corrected chi connectivity index (χ1v) is 6.49. The number of pyridine rings is 1. The standard InChI is InChI=1S/C15H17FN2/c16-13-3-4-14-11(8-13)7-12(9-18-14)15(10-17)5-1-2-6-15/h3-4,7-9H,1-2,5-6,10,17H2. The van der Waals surface area contributed by atoms with E-state index in [1.807, 2.05) is 6.20 Å². The van der Waals surface area contributed by atoms with E-state index in [9.17, 15) is 4.39 Å². The number of rotatable bonds is 2. The molecule has 3 heteroatoms. The second-order valence-electron chi connectivity index (χ2n) is 5.25. The molecule has 2 aromatic rings. The molecule has 1 fully saturated rings. The van der Waals surface area contributed by atoms with Crippen molar-refractivity contribution in [3.63, 3.8) is 0 Å². The number of halogens is 1. The molecule has 1 saturated carbocycles. The number of benzene rings is 1. The summed E-state index contributed by atoms with van der Waals surface area (Å²) in [5.41, 5.74) is 8.04. The van der Waals surface area contributed by atoms with Crippen LogP contribution in [0.25, 0.3) is 10.9 Å². The summed E-state index contributed by atoms with van der Waals surface area (Å²) in [5.74, 6) is -0.213. The summed E-state index contributed by atoms with van der Waals surface area (Å²) in [6.45, 7) is 0.648. The molecule has 2 nitrogen and oxygen atoms in total. The minimum atomic E-state index is -0.213. The van der Waals surface area contributed by atoms with Crippen molar-refractivity contribution < 1.29 is 4.39 Å². The second-order valence-corrected chi connectivity index (χ2v) is 5.25. The number of nitrogens with zero attached hydrogens (tertiary/aromatic N) is 1. The first-order chi connectivity index (χ1) is 8.73. The van der Waals surface area contributed by atoms with Gasteiger partial charge in [-0.2, -0.15) is 0 Å². The summed E-state index contributed by atoms with van der Waals surface area (Å²) in [5, 5.41) is 0.868. The van der Waals surface area contributed by atoms with E-state index >= 15 is 0 Å². The zero-order valence-electron chi connectivity index (χ0n) is 10.3. The topological polar surface area (TPSA) is 38.9 Å². The lowest BCUT2D eigenvalue weighted by atomic mass is 9.79. The summed E-state index contributed by atoms with van der Waals surface area (Å²) in [4.78, 5) is 4.44. The number of fused-ring (bicyclic) bond motifs is 1. The van der Waals surface area contributed by atoms with Gasteiger partial charge >= 0.3 is 0 Å². The van der Waals surface area contributed by atoms with Crippen LogP contribution in [-0.2, 0) is 5.41 Å². The molecular weight excluding hydrogens is 227 g/mol. The summed E-state index contributed by atoms with van der Waals surface area (Å²) in [7, 11) is 0. The molecule has 1 aliphatic rings. The van der Waals surface area contributed by atoms with Gasteiger partial charge < -0.3 is 5.73 Å². The third-order valence-corrected chi connectivity index (χ3v) is 4.21. The van der Waals surface area contributed by atoms with Gasteiger partial charge in [-0.3, -0.25) is 4.98 Å². The van der Waals surface area contributed by atoms with E-state index in [-0.39, 0.29) is 11.2 Å². The van der Waals surface area contributed by atoms with Gasteiger partial charge in [0.15, 0.2) is 0 Å². The normalized spacial score (nSPS) is 18.3. The van der Waals surface area contributed by atoms with Gasteiger partial charge in [0.2, 0.25) is 0 Å². The zero-order chi connectivity index (χ0) is 12.6. The molecule has 1 heterocycles. The summed E-state index contributed by atoms with van der Waals surface area (Å²) >= 11 is 0. The van der Waals surface area contributed by atoms with E-state index in [0.29, 0.717) is 6.54 Å². The molecule has 3 rings (SSSR count). The van der Waals surface area contributed by atoms with Crippen LogP contribution >= 0.6 is 0 Å². The van der Waals surface area contributed by atoms with Crippen molar-refractivity contribution in [2.24, 2.45) is 5.73 Å². The Hall–Kier alpha value is -1.48. The zero-order valence-corrected chi connectivity index (χ0v) is 10.3. The lowest BCUT2D eigenvalue weighted by Crippen LogP contribution is -2.32. The molecule has 1 aromatic carbocycles. The first-order valence-electron chi connectivity index (χ1n) is 6.49. The van der Waals surface area contributed by atoms with Crippen molar-refractivity contribution in [2.75, 3.05) is 6.54 Å². The van der Waals surface area contributed by atoms with Crippen molar-refractivity contribution in [3.05, 3.63) is 41.8 Å². The Morgan fingerprint density at radius 2 is 2.00 bits per heavy atom. The van der Waals surface area contributed by atoms with Crippen molar-refractivity contribution >= 4 is 10.9 Å². The van der Waals surface area contributed by atoms with Crippen LogP contribution < -0.4 is 5.73 Å². The van der Waals surface area contributed by atoms with Gasteiger partial charge in [-0.05, 0) is 42.7 Å². The highest BCUT2D eigenvalue weighted by Crippen LogP contribution is 2.40. The summed E-state index contributed by atoms with van der Waals surface area (Å²) in [6.07, 6.45) is 6.59. The molecule has 0 amide bonds. The maximum Gasteiger partial charge on any atom is 0.123 e. The maximum atomic E-state index is 13.3. The van der Waals surface area contributed by atoms with E-state index in [0.717, 1.165) is 23.7 Å². The van der Waals surface area contributed by atoms with Crippen LogP contribution in [0.3, 0.4) is 0 Å². The van der Waals surface area contributed by atoms with Gasteiger partial charge in [0.1, 0.15) is 5.82 Å². The van der Waals surface area contributed by atoms with Crippen molar-refractivity contribution in [1.29, 1.82) is 0 Å². The molecule has 2 N–H and O–H groups in total. The predicted molar refractivity (Wildman–Crippen MR) is 70.9 cm³/mol. The third-order valence-electron chi connectivity index (χ3n) is 4.21. The molecule has 1 aliphatic carbocycles.